The fraction of sp³-hybridized carbons (Fsp3) is 0.700. The zero-order valence-electron chi connectivity index (χ0n) is 21.0. The number of esters is 1. The first kappa shape index (κ1) is 28.5. The van der Waals surface area contributed by atoms with E-state index in [1.54, 1.807) is 12.1 Å². The lowest BCUT2D eigenvalue weighted by molar-refractivity contribution is -0.133. The monoisotopic (exact) mass is 442 g/mol. The number of carbonyl (C=O) groups is 1. The molecule has 0 saturated carbocycles. The zero-order valence-corrected chi connectivity index (χ0v) is 21.0. The summed E-state index contributed by atoms with van der Waals surface area (Å²) in [6.45, 7) is 2.29. The van der Waals surface area contributed by atoms with Gasteiger partial charge in [-0.25, -0.2) is 0 Å². The zero-order chi connectivity index (χ0) is 23.0. The van der Waals surface area contributed by atoms with Gasteiger partial charge in [-0.05, 0) is 25.0 Å². The van der Waals surface area contributed by atoms with Crippen LogP contribution in [0.4, 0.5) is 0 Å². The van der Waals surface area contributed by atoms with E-state index in [0.29, 0.717) is 12.2 Å². The molecule has 32 heavy (non-hydrogen) atoms. The minimum atomic E-state index is -0.190. The van der Waals surface area contributed by atoms with E-state index in [9.17, 15) is 4.79 Å². The van der Waals surface area contributed by atoms with Gasteiger partial charge in [0.25, 0.3) is 0 Å². The molecule has 2 nitrogen and oxygen atoms in total. The van der Waals surface area contributed by atoms with Crippen LogP contribution in [0.1, 0.15) is 135 Å². The van der Waals surface area contributed by atoms with E-state index >= 15 is 0 Å². The van der Waals surface area contributed by atoms with Crippen LogP contribution in [0.5, 0.6) is 5.75 Å². The number of benzene rings is 1. The first-order valence-corrected chi connectivity index (χ1v) is 13.7. The second-order valence-corrected chi connectivity index (χ2v) is 9.26. The predicted molar refractivity (Wildman–Crippen MR) is 139 cm³/mol. The van der Waals surface area contributed by atoms with Crippen molar-refractivity contribution in [3.8, 4) is 5.75 Å². The average Bonchev–Trinajstić information content (AvgIpc) is 2.80. The maximum atomic E-state index is 11.7. The second-order valence-electron chi connectivity index (χ2n) is 9.26. The molecule has 0 heterocycles. The molecule has 0 atom stereocenters. The summed E-state index contributed by atoms with van der Waals surface area (Å²) in [6, 6.07) is 9.27. The summed E-state index contributed by atoms with van der Waals surface area (Å²) in [5, 5.41) is 0. The number of ether oxygens (including phenoxy) is 1. The Morgan fingerprint density at radius 1 is 0.625 bits per heavy atom. The summed E-state index contributed by atoms with van der Waals surface area (Å²) in [4.78, 5) is 11.7. The van der Waals surface area contributed by atoms with Crippen molar-refractivity contribution in [2.24, 2.45) is 0 Å². The van der Waals surface area contributed by atoms with Crippen molar-refractivity contribution in [3.63, 3.8) is 0 Å². The Hall–Kier alpha value is -1.57. The van der Waals surface area contributed by atoms with Crippen molar-refractivity contribution in [2.45, 2.75) is 135 Å². The van der Waals surface area contributed by atoms with Crippen molar-refractivity contribution in [1.82, 2.24) is 0 Å². The molecule has 0 aliphatic rings. The predicted octanol–water partition coefficient (Wildman–Crippen LogP) is 9.97. The maximum Gasteiger partial charge on any atom is 0.315 e. The topological polar surface area (TPSA) is 26.3 Å². The van der Waals surface area contributed by atoms with Crippen molar-refractivity contribution in [2.75, 3.05) is 0 Å². The Kier molecular flexibility index (Phi) is 20.1. The van der Waals surface area contributed by atoms with E-state index in [4.69, 9.17) is 4.74 Å². The Morgan fingerprint density at radius 3 is 1.53 bits per heavy atom. The molecule has 0 unspecified atom stereocenters. The summed E-state index contributed by atoms with van der Waals surface area (Å²) in [5.41, 5.74) is 0. The normalized spacial score (nSPS) is 11.3. The van der Waals surface area contributed by atoms with Crippen LogP contribution in [-0.2, 0) is 4.79 Å². The summed E-state index contributed by atoms with van der Waals surface area (Å²) < 4.78 is 5.27. The lowest BCUT2D eigenvalue weighted by Crippen LogP contribution is -2.05. The molecule has 0 saturated heterocycles. The maximum absolute atomic E-state index is 11.7. The number of allylic oxidation sites excluding steroid dienone is 1. The quantitative estimate of drug-likeness (QED) is 0.0772. The molecule has 2 heteroatoms. The van der Waals surface area contributed by atoms with Crippen LogP contribution >= 0.6 is 0 Å². The number of para-hydroxylation sites is 1. The minimum absolute atomic E-state index is 0.190. The highest BCUT2D eigenvalue weighted by Crippen LogP contribution is 2.15. The first-order chi connectivity index (χ1) is 15.8. The van der Waals surface area contributed by atoms with Gasteiger partial charge in [-0.15, -0.1) is 0 Å². The molecule has 182 valence electrons. The van der Waals surface area contributed by atoms with Gasteiger partial charge in [0.15, 0.2) is 0 Å². The summed E-state index contributed by atoms with van der Waals surface area (Å²) >= 11 is 0. The molecule has 0 aromatic heterocycles. The SMILES string of the molecule is CCCCCCCCCCCCCCCCCCCC/C=C/CC(=O)Oc1ccccc1. The smallest absolute Gasteiger partial charge is 0.315 e. The molecule has 1 rings (SSSR count). The van der Waals surface area contributed by atoms with E-state index in [0.717, 1.165) is 6.42 Å². The van der Waals surface area contributed by atoms with Crippen LogP contribution in [0.3, 0.4) is 0 Å². The summed E-state index contributed by atoms with van der Waals surface area (Å²) in [7, 11) is 0. The van der Waals surface area contributed by atoms with Gasteiger partial charge in [-0.2, -0.15) is 0 Å². The molecule has 0 fully saturated rings. The number of carbonyl (C=O) groups excluding carboxylic acids is 1. The van der Waals surface area contributed by atoms with E-state index in [2.05, 4.69) is 13.0 Å². The Morgan fingerprint density at radius 2 is 1.06 bits per heavy atom. The van der Waals surface area contributed by atoms with Crippen LogP contribution in [0, 0.1) is 0 Å². The Labute approximate surface area is 199 Å². The molecule has 0 aliphatic heterocycles. The van der Waals surface area contributed by atoms with Crippen molar-refractivity contribution < 1.29 is 9.53 Å². The van der Waals surface area contributed by atoms with E-state index in [1.165, 1.54) is 116 Å². The highest BCUT2D eigenvalue weighted by molar-refractivity contribution is 5.73. The van der Waals surface area contributed by atoms with Crippen LogP contribution in [0.25, 0.3) is 0 Å². The van der Waals surface area contributed by atoms with Crippen LogP contribution in [-0.4, -0.2) is 5.97 Å². The van der Waals surface area contributed by atoms with E-state index in [-0.39, 0.29) is 5.97 Å². The van der Waals surface area contributed by atoms with Crippen LogP contribution in [0.15, 0.2) is 42.5 Å². The molecule has 0 N–H and O–H groups in total. The molecular weight excluding hydrogens is 392 g/mol. The van der Waals surface area contributed by atoms with E-state index in [1.807, 2.05) is 24.3 Å². The Balaban J connectivity index is 1.74. The molecule has 0 spiro atoms. The van der Waals surface area contributed by atoms with Gasteiger partial charge in [0, 0.05) is 0 Å². The molecule has 0 radical (unpaired) electrons. The molecule has 0 aliphatic carbocycles. The molecule has 1 aromatic rings. The molecule has 1 aromatic carbocycles. The van der Waals surface area contributed by atoms with Gasteiger partial charge in [0.1, 0.15) is 5.75 Å². The van der Waals surface area contributed by atoms with Crippen molar-refractivity contribution in [3.05, 3.63) is 42.5 Å². The average molecular weight is 443 g/mol. The van der Waals surface area contributed by atoms with Crippen molar-refractivity contribution in [1.29, 1.82) is 0 Å². The van der Waals surface area contributed by atoms with Gasteiger partial charge < -0.3 is 4.74 Å². The number of hydrogen-bond acceptors (Lipinski definition) is 2. The first-order valence-electron chi connectivity index (χ1n) is 13.7. The summed E-state index contributed by atoms with van der Waals surface area (Å²) in [6.07, 6.45) is 30.8. The highest BCUT2D eigenvalue weighted by Gasteiger charge is 2.01. The van der Waals surface area contributed by atoms with Crippen LogP contribution in [0.2, 0.25) is 0 Å². The number of unbranched alkanes of at least 4 members (excludes halogenated alkanes) is 18. The van der Waals surface area contributed by atoms with E-state index < -0.39 is 0 Å². The summed E-state index contributed by atoms with van der Waals surface area (Å²) in [5.74, 6) is 0.430. The highest BCUT2D eigenvalue weighted by atomic mass is 16.5. The Bertz CT molecular complexity index is 549. The third-order valence-corrected chi connectivity index (χ3v) is 6.15. The third-order valence-electron chi connectivity index (χ3n) is 6.15. The fourth-order valence-electron chi connectivity index (χ4n) is 4.12. The third kappa shape index (κ3) is 19.1. The van der Waals surface area contributed by atoms with Gasteiger partial charge >= 0.3 is 5.97 Å². The van der Waals surface area contributed by atoms with Gasteiger partial charge in [0.05, 0.1) is 6.42 Å². The number of rotatable bonds is 22. The second kappa shape index (κ2) is 22.6. The van der Waals surface area contributed by atoms with Crippen LogP contribution < -0.4 is 4.74 Å². The largest absolute Gasteiger partial charge is 0.426 e. The molecule has 0 bridgehead atoms. The molecular formula is C30H50O2. The number of hydrogen-bond donors (Lipinski definition) is 0. The van der Waals surface area contributed by atoms with Gasteiger partial charge in [-0.1, -0.05) is 146 Å². The lowest BCUT2D eigenvalue weighted by atomic mass is 10.0. The van der Waals surface area contributed by atoms with Gasteiger partial charge in [-0.3, -0.25) is 4.79 Å². The lowest BCUT2D eigenvalue weighted by Gasteiger charge is -2.03. The molecule has 0 amide bonds. The fourth-order valence-corrected chi connectivity index (χ4v) is 4.12. The van der Waals surface area contributed by atoms with Gasteiger partial charge in [0.2, 0.25) is 0 Å². The standard InChI is InChI=1S/C30H50O2/c1-2-3-4-5-6-7-8-9-10-11-12-13-14-15-16-17-18-19-20-21-25-28-30(31)32-29-26-23-22-24-27-29/h21-27H,2-20,28H2,1H3/b25-21+. The van der Waals surface area contributed by atoms with Crippen molar-refractivity contribution >= 4 is 5.97 Å². The minimum Gasteiger partial charge on any atom is -0.426 e.